The number of carbonyl (C=O) groups excluding carboxylic acids is 1. The second kappa shape index (κ2) is 5.69. The van der Waals surface area contributed by atoms with Crippen LogP contribution in [0.4, 0.5) is 5.69 Å². The summed E-state index contributed by atoms with van der Waals surface area (Å²) in [6.45, 7) is 4.20. The molecule has 2 aliphatic rings. The van der Waals surface area contributed by atoms with E-state index in [1.54, 1.807) is 4.90 Å². The summed E-state index contributed by atoms with van der Waals surface area (Å²) in [4.78, 5) is 25.1. The average molecular weight is 321 g/mol. The van der Waals surface area contributed by atoms with Crippen molar-refractivity contribution in [1.29, 1.82) is 0 Å². The molecule has 1 atom stereocenters. The molecule has 0 saturated carbocycles. The van der Waals surface area contributed by atoms with Crippen molar-refractivity contribution < 1.29 is 19.2 Å². The van der Waals surface area contributed by atoms with Gasteiger partial charge >= 0.3 is 0 Å². The Morgan fingerprint density at radius 1 is 1.39 bits per heavy atom. The van der Waals surface area contributed by atoms with Crippen LogP contribution in [-0.2, 0) is 0 Å². The molecular formula is C15H19N3O5. The molecule has 2 N–H and O–H groups in total. The molecule has 1 amide bonds. The molecule has 3 rings (SSSR count). The highest BCUT2D eigenvalue weighted by Crippen LogP contribution is 2.38. The van der Waals surface area contributed by atoms with Crippen molar-refractivity contribution in [1.82, 2.24) is 4.90 Å². The van der Waals surface area contributed by atoms with Crippen LogP contribution in [0.15, 0.2) is 12.1 Å². The normalized spacial score (nSPS) is 23.0. The largest absolute Gasteiger partial charge is 0.486 e. The minimum atomic E-state index is -0.566. The second-order valence-electron chi connectivity index (χ2n) is 6.26. The zero-order chi connectivity index (χ0) is 16.6. The number of rotatable bonds is 3. The third-order valence-corrected chi connectivity index (χ3v) is 4.43. The molecule has 1 saturated heterocycles. The van der Waals surface area contributed by atoms with Gasteiger partial charge in [-0.25, -0.2) is 0 Å². The van der Waals surface area contributed by atoms with E-state index < -0.39 is 4.92 Å². The first-order valence-electron chi connectivity index (χ1n) is 7.51. The Morgan fingerprint density at radius 2 is 2.04 bits per heavy atom. The Kier molecular flexibility index (Phi) is 3.85. The number of nitro groups is 1. The maximum absolute atomic E-state index is 12.7. The number of nitrogens with zero attached hydrogens (tertiary/aromatic N) is 2. The number of hydrogen-bond donors (Lipinski definition) is 1. The quantitative estimate of drug-likeness (QED) is 0.661. The number of likely N-dealkylation sites (tertiary alicyclic amines) is 1. The molecule has 1 unspecified atom stereocenters. The number of nitro benzene ring substituents is 1. The van der Waals surface area contributed by atoms with Crippen LogP contribution in [0.25, 0.3) is 0 Å². The molecule has 124 valence electrons. The van der Waals surface area contributed by atoms with Crippen LogP contribution in [0.1, 0.15) is 23.7 Å². The van der Waals surface area contributed by atoms with Gasteiger partial charge in [-0.3, -0.25) is 14.9 Å². The summed E-state index contributed by atoms with van der Waals surface area (Å²) in [5.41, 5.74) is 5.38. The van der Waals surface area contributed by atoms with E-state index in [4.69, 9.17) is 15.2 Å². The van der Waals surface area contributed by atoms with Crippen molar-refractivity contribution >= 4 is 11.6 Å². The van der Waals surface area contributed by atoms with Gasteiger partial charge in [0.25, 0.3) is 11.6 Å². The number of carbonyl (C=O) groups is 1. The topological polar surface area (TPSA) is 108 Å². The maximum Gasteiger partial charge on any atom is 0.286 e. The minimum Gasteiger partial charge on any atom is -0.486 e. The first-order valence-corrected chi connectivity index (χ1v) is 7.51. The van der Waals surface area contributed by atoms with Crippen LogP contribution in [0.3, 0.4) is 0 Å². The molecule has 8 nitrogen and oxygen atoms in total. The molecule has 8 heteroatoms. The fraction of sp³-hybridized carbons (Fsp3) is 0.533. The van der Waals surface area contributed by atoms with Crippen LogP contribution in [-0.4, -0.2) is 48.6 Å². The summed E-state index contributed by atoms with van der Waals surface area (Å²) in [6, 6.07) is 2.67. The number of hydrogen-bond acceptors (Lipinski definition) is 6. The van der Waals surface area contributed by atoms with Gasteiger partial charge in [-0.2, -0.15) is 0 Å². The monoisotopic (exact) mass is 321 g/mol. The Balaban J connectivity index is 1.95. The minimum absolute atomic E-state index is 0.0283. The predicted molar refractivity (Wildman–Crippen MR) is 81.8 cm³/mol. The van der Waals surface area contributed by atoms with E-state index in [9.17, 15) is 14.9 Å². The maximum atomic E-state index is 12.7. The van der Waals surface area contributed by atoms with Crippen LogP contribution in [0.5, 0.6) is 11.5 Å². The fourth-order valence-corrected chi connectivity index (χ4v) is 2.93. The van der Waals surface area contributed by atoms with Crippen molar-refractivity contribution in [2.45, 2.75) is 13.3 Å². The molecule has 0 aliphatic carbocycles. The lowest BCUT2D eigenvalue weighted by atomic mass is 9.90. The van der Waals surface area contributed by atoms with Gasteiger partial charge in [0.05, 0.1) is 11.0 Å². The summed E-state index contributed by atoms with van der Waals surface area (Å²) < 4.78 is 10.8. The lowest BCUT2D eigenvalue weighted by Gasteiger charge is -2.23. The number of amides is 1. The Morgan fingerprint density at radius 3 is 2.61 bits per heavy atom. The molecule has 0 spiro atoms. The highest BCUT2D eigenvalue weighted by atomic mass is 16.6. The van der Waals surface area contributed by atoms with Crippen LogP contribution < -0.4 is 15.2 Å². The van der Waals surface area contributed by atoms with Crippen molar-refractivity contribution in [3.05, 3.63) is 27.8 Å². The Hall–Kier alpha value is -2.35. The smallest absolute Gasteiger partial charge is 0.286 e. The third-order valence-electron chi connectivity index (χ3n) is 4.43. The molecular weight excluding hydrogens is 302 g/mol. The second-order valence-corrected chi connectivity index (χ2v) is 6.26. The van der Waals surface area contributed by atoms with Gasteiger partial charge < -0.3 is 20.1 Å². The molecule has 2 heterocycles. The number of fused-ring (bicyclic) bond motifs is 1. The molecule has 23 heavy (non-hydrogen) atoms. The standard InChI is InChI=1S/C15H19N3O5/c1-15(8-16)2-3-17(9-15)14(19)10-6-12-13(23-5-4-22-12)7-11(10)18(20)21/h6-7H,2-5,8-9,16H2,1H3. The highest BCUT2D eigenvalue weighted by molar-refractivity contribution is 5.99. The van der Waals surface area contributed by atoms with E-state index in [1.165, 1.54) is 12.1 Å². The average Bonchev–Trinajstić information content (AvgIpc) is 2.96. The molecule has 0 aromatic heterocycles. The van der Waals surface area contributed by atoms with Crippen LogP contribution in [0.2, 0.25) is 0 Å². The molecule has 1 aromatic rings. The Labute approximate surface area is 133 Å². The lowest BCUT2D eigenvalue weighted by Crippen LogP contribution is -2.34. The molecule has 0 radical (unpaired) electrons. The summed E-state index contributed by atoms with van der Waals surface area (Å²) in [6.07, 6.45) is 0.785. The Bertz CT molecular complexity index is 663. The van der Waals surface area contributed by atoms with Gasteiger partial charge in [0.1, 0.15) is 18.8 Å². The van der Waals surface area contributed by atoms with Crippen molar-refractivity contribution in [3.8, 4) is 11.5 Å². The molecule has 0 bridgehead atoms. The summed E-state index contributed by atoms with van der Waals surface area (Å²) in [5.74, 6) is 0.296. The van der Waals surface area contributed by atoms with Crippen molar-refractivity contribution in [2.75, 3.05) is 32.8 Å². The van der Waals surface area contributed by atoms with Gasteiger partial charge in [-0.15, -0.1) is 0 Å². The van der Waals surface area contributed by atoms with Gasteiger partial charge in [0, 0.05) is 19.2 Å². The van der Waals surface area contributed by atoms with E-state index >= 15 is 0 Å². The summed E-state index contributed by atoms with van der Waals surface area (Å²) >= 11 is 0. The SMILES string of the molecule is CC1(CN)CCN(C(=O)c2cc3c(cc2[N+](=O)[O-])OCCO3)C1. The van der Waals surface area contributed by atoms with Gasteiger partial charge in [0.15, 0.2) is 11.5 Å². The zero-order valence-electron chi connectivity index (χ0n) is 12.9. The van der Waals surface area contributed by atoms with E-state index in [0.717, 1.165) is 6.42 Å². The zero-order valence-corrected chi connectivity index (χ0v) is 12.9. The van der Waals surface area contributed by atoms with Crippen LogP contribution >= 0.6 is 0 Å². The van der Waals surface area contributed by atoms with E-state index in [-0.39, 0.29) is 22.6 Å². The fourth-order valence-electron chi connectivity index (χ4n) is 2.93. The summed E-state index contributed by atoms with van der Waals surface area (Å²) in [7, 11) is 0. The van der Waals surface area contributed by atoms with E-state index in [2.05, 4.69) is 0 Å². The van der Waals surface area contributed by atoms with Crippen molar-refractivity contribution in [3.63, 3.8) is 0 Å². The van der Waals surface area contributed by atoms with Gasteiger partial charge in [-0.05, 0) is 18.4 Å². The number of ether oxygens (including phenoxy) is 2. The predicted octanol–water partition coefficient (Wildman–Crippen LogP) is 1.18. The van der Waals surface area contributed by atoms with E-state index in [0.29, 0.717) is 44.3 Å². The first kappa shape index (κ1) is 15.5. The number of benzene rings is 1. The van der Waals surface area contributed by atoms with Crippen LogP contribution in [0, 0.1) is 15.5 Å². The first-order chi connectivity index (χ1) is 10.9. The molecule has 2 aliphatic heterocycles. The summed E-state index contributed by atoms with van der Waals surface area (Å²) in [5, 5.41) is 11.3. The molecule has 1 fully saturated rings. The number of nitrogens with two attached hydrogens (primary N) is 1. The van der Waals surface area contributed by atoms with E-state index in [1.807, 2.05) is 6.92 Å². The van der Waals surface area contributed by atoms with Crippen molar-refractivity contribution in [2.24, 2.45) is 11.1 Å². The molecule has 1 aromatic carbocycles. The third kappa shape index (κ3) is 2.81. The van der Waals surface area contributed by atoms with Gasteiger partial charge in [0.2, 0.25) is 0 Å². The van der Waals surface area contributed by atoms with Gasteiger partial charge in [-0.1, -0.05) is 6.92 Å². The highest BCUT2D eigenvalue weighted by Gasteiger charge is 2.37. The lowest BCUT2D eigenvalue weighted by molar-refractivity contribution is -0.385.